The van der Waals surface area contributed by atoms with E-state index in [1.54, 1.807) is 24.5 Å². The summed E-state index contributed by atoms with van der Waals surface area (Å²) in [7, 11) is 0. The van der Waals surface area contributed by atoms with Gasteiger partial charge in [0, 0.05) is 11.8 Å². The molecule has 1 aliphatic rings. The number of carbonyl (C=O) groups is 1. The maximum absolute atomic E-state index is 12.0. The molecule has 0 atom stereocenters. The third kappa shape index (κ3) is 2.69. The van der Waals surface area contributed by atoms with E-state index >= 15 is 0 Å². The Kier molecular flexibility index (Phi) is 3.31. The first kappa shape index (κ1) is 13.6. The molecule has 4 rings (SSSR count). The number of rotatable bonds is 3. The van der Waals surface area contributed by atoms with Gasteiger partial charge >= 0.3 is 0 Å². The Hall–Kier alpha value is -3.07. The van der Waals surface area contributed by atoms with E-state index in [0.29, 0.717) is 5.76 Å². The lowest BCUT2D eigenvalue weighted by Crippen LogP contribution is -2.07. The Morgan fingerprint density at radius 3 is 2.74 bits per heavy atom. The first-order valence-electron chi connectivity index (χ1n) is 7.53. The highest BCUT2D eigenvalue weighted by Crippen LogP contribution is 2.37. The number of amides is 1. The van der Waals surface area contributed by atoms with E-state index < -0.39 is 0 Å². The summed E-state index contributed by atoms with van der Waals surface area (Å²) in [4.78, 5) is 12.0. The molecule has 0 radical (unpaired) electrons. The molecule has 23 heavy (non-hydrogen) atoms. The summed E-state index contributed by atoms with van der Waals surface area (Å²) < 4.78 is 5.17. The van der Waals surface area contributed by atoms with Crippen molar-refractivity contribution in [3.05, 3.63) is 83.8 Å². The number of nitrogens with one attached hydrogen (secondary N) is 1. The predicted octanol–water partition coefficient (Wildman–Crippen LogP) is 4.50. The monoisotopic (exact) mass is 301 g/mol. The maximum Gasteiger partial charge on any atom is 0.248 e. The highest BCUT2D eigenvalue weighted by molar-refractivity contribution is 6.02. The molecule has 0 saturated carbocycles. The van der Waals surface area contributed by atoms with Gasteiger partial charge < -0.3 is 9.73 Å². The van der Waals surface area contributed by atoms with Crippen molar-refractivity contribution >= 4 is 17.7 Å². The van der Waals surface area contributed by atoms with Gasteiger partial charge in [-0.15, -0.1) is 0 Å². The van der Waals surface area contributed by atoms with E-state index in [2.05, 4.69) is 29.6 Å². The topological polar surface area (TPSA) is 42.2 Å². The third-order valence-electron chi connectivity index (χ3n) is 4.01. The van der Waals surface area contributed by atoms with E-state index in [0.717, 1.165) is 12.1 Å². The van der Waals surface area contributed by atoms with Crippen LogP contribution in [0.15, 0.2) is 71.4 Å². The van der Waals surface area contributed by atoms with Crippen molar-refractivity contribution in [2.24, 2.45) is 0 Å². The largest absolute Gasteiger partial charge is 0.465 e. The van der Waals surface area contributed by atoms with Gasteiger partial charge in [-0.2, -0.15) is 0 Å². The molecular formula is C20H15NO2. The van der Waals surface area contributed by atoms with E-state index in [4.69, 9.17) is 4.42 Å². The fraction of sp³-hybridized carbons (Fsp3) is 0.0500. The van der Waals surface area contributed by atoms with Crippen LogP contribution in [0.2, 0.25) is 0 Å². The highest BCUT2D eigenvalue weighted by Gasteiger charge is 2.17. The van der Waals surface area contributed by atoms with Gasteiger partial charge in [-0.1, -0.05) is 30.3 Å². The summed E-state index contributed by atoms with van der Waals surface area (Å²) in [6.07, 6.45) is 5.66. The Morgan fingerprint density at radius 2 is 1.87 bits per heavy atom. The summed E-state index contributed by atoms with van der Waals surface area (Å²) in [6.45, 7) is 0. The minimum absolute atomic E-state index is 0.173. The van der Waals surface area contributed by atoms with Crippen molar-refractivity contribution in [2.75, 3.05) is 5.32 Å². The van der Waals surface area contributed by atoms with Gasteiger partial charge in [0.2, 0.25) is 5.91 Å². The first-order chi connectivity index (χ1) is 11.3. The molecule has 3 nitrogen and oxygen atoms in total. The molecule has 1 aromatic heterocycles. The smallest absolute Gasteiger partial charge is 0.248 e. The van der Waals surface area contributed by atoms with Crippen LogP contribution in [0.25, 0.3) is 17.2 Å². The van der Waals surface area contributed by atoms with Crippen LogP contribution in [-0.2, 0) is 11.2 Å². The Balaban J connectivity index is 1.54. The SMILES string of the molecule is O=C(C=Cc1ccco1)Nc1ccc2c(c1)-c1ccccc1C2. The van der Waals surface area contributed by atoms with Crippen LogP contribution in [0, 0.1) is 0 Å². The molecule has 0 spiro atoms. The van der Waals surface area contributed by atoms with Crippen LogP contribution < -0.4 is 5.32 Å². The van der Waals surface area contributed by atoms with Crippen molar-refractivity contribution < 1.29 is 9.21 Å². The zero-order valence-corrected chi connectivity index (χ0v) is 12.5. The molecule has 1 N–H and O–H groups in total. The molecule has 0 aliphatic heterocycles. The number of carbonyl (C=O) groups excluding carboxylic acids is 1. The minimum atomic E-state index is -0.173. The molecule has 3 heteroatoms. The first-order valence-corrected chi connectivity index (χ1v) is 7.53. The van der Waals surface area contributed by atoms with Crippen molar-refractivity contribution in [1.82, 2.24) is 0 Å². The molecule has 0 saturated heterocycles. The number of fused-ring (bicyclic) bond motifs is 3. The lowest BCUT2D eigenvalue weighted by Gasteiger charge is -2.06. The van der Waals surface area contributed by atoms with Crippen LogP contribution in [0.1, 0.15) is 16.9 Å². The third-order valence-corrected chi connectivity index (χ3v) is 4.01. The molecule has 2 aromatic carbocycles. The lowest BCUT2D eigenvalue weighted by molar-refractivity contribution is -0.111. The molecule has 1 heterocycles. The van der Waals surface area contributed by atoms with E-state index in [1.807, 2.05) is 18.2 Å². The molecule has 112 valence electrons. The van der Waals surface area contributed by atoms with Crippen molar-refractivity contribution in [1.29, 1.82) is 0 Å². The van der Waals surface area contributed by atoms with Gasteiger partial charge in [0.15, 0.2) is 0 Å². The summed E-state index contributed by atoms with van der Waals surface area (Å²) in [5.74, 6) is 0.482. The zero-order chi connectivity index (χ0) is 15.6. The van der Waals surface area contributed by atoms with Crippen LogP contribution in [0.5, 0.6) is 0 Å². The van der Waals surface area contributed by atoms with Crippen molar-refractivity contribution in [3.8, 4) is 11.1 Å². The second-order valence-corrected chi connectivity index (χ2v) is 5.54. The average molecular weight is 301 g/mol. The van der Waals surface area contributed by atoms with E-state index in [1.165, 1.54) is 28.3 Å². The molecule has 0 bridgehead atoms. The number of anilines is 1. The van der Waals surface area contributed by atoms with Crippen LogP contribution in [0.4, 0.5) is 5.69 Å². The second kappa shape index (κ2) is 5.61. The molecular weight excluding hydrogens is 286 g/mol. The molecule has 3 aromatic rings. The minimum Gasteiger partial charge on any atom is -0.465 e. The average Bonchev–Trinajstić information content (AvgIpc) is 3.20. The standard InChI is InChI=1S/C20H15NO2/c22-20(10-9-17-5-3-11-23-17)21-16-8-7-15-12-14-4-1-2-6-18(14)19(15)13-16/h1-11,13H,12H2,(H,21,22). The van der Waals surface area contributed by atoms with Gasteiger partial charge in [0.05, 0.1) is 6.26 Å². The molecule has 0 unspecified atom stereocenters. The second-order valence-electron chi connectivity index (χ2n) is 5.54. The maximum atomic E-state index is 12.0. The van der Waals surface area contributed by atoms with Gasteiger partial charge in [0.1, 0.15) is 5.76 Å². The van der Waals surface area contributed by atoms with Gasteiger partial charge in [0.25, 0.3) is 0 Å². The van der Waals surface area contributed by atoms with Crippen LogP contribution >= 0.6 is 0 Å². The summed E-state index contributed by atoms with van der Waals surface area (Å²) in [5, 5.41) is 2.90. The zero-order valence-electron chi connectivity index (χ0n) is 12.5. The van der Waals surface area contributed by atoms with Crippen molar-refractivity contribution in [3.63, 3.8) is 0 Å². The van der Waals surface area contributed by atoms with E-state index in [-0.39, 0.29) is 5.91 Å². The van der Waals surface area contributed by atoms with E-state index in [9.17, 15) is 4.79 Å². The fourth-order valence-electron chi connectivity index (χ4n) is 2.93. The van der Waals surface area contributed by atoms with Crippen molar-refractivity contribution in [2.45, 2.75) is 6.42 Å². The van der Waals surface area contributed by atoms with Crippen LogP contribution in [0.3, 0.4) is 0 Å². The Labute approximate surface area is 134 Å². The Bertz CT molecular complexity index is 892. The molecule has 1 aliphatic carbocycles. The highest BCUT2D eigenvalue weighted by atomic mass is 16.3. The van der Waals surface area contributed by atoms with Gasteiger partial charge in [-0.3, -0.25) is 4.79 Å². The predicted molar refractivity (Wildman–Crippen MR) is 91.1 cm³/mol. The molecule has 0 fully saturated rings. The van der Waals surface area contributed by atoms with Gasteiger partial charge in [-0.05, 0) is 59.0 Å². The summed E-state index contributed by atoms with van der Waals surface area (Å²) in [6, 6.07) is 18.1. The van der Waals surface area contributed by atoms with Crippen LogP contribution in [-0.4, -0.2) is 5.91 Å². The van der Waals surface area contributed by atoms with Gasteiger partial charge in [-0.25, -0.2) is 0 Å². The summed E-state index contributed by atoms with van der Waals surface area (Å²) >= 11 is 0. The Morgan fingerprint density at radius 1 is 1.00 bits per heavy atom. The lowest BCUT2D eigenvalue weighted by atomic mass is 10.1. The number of benzene rings is 2. The quantitative estimate of drug-likeness (QED) is 0.566. The number of furan rings is 1. The molecule has 1 amide bonds. The summed E-state index contributed by atoms with van der Waals surface area (Å²) in [5.41, 5.74) is 5.90. The fourth-order valence-corrected chi connectivity index (χ4v) is 2.93. The number of hydrogen-bond acceptors (Lipinski definition) is 2. The normalized spacial score (nSPS) is 12.2. The number of hydrogen-bond donors (Lipinski definition) is 1.